The molecule has 0 aromatic heterocycles. The van der Waals surface area contributed by atoms with Crippen LogP contribution in [-0.4, -0.2) is 0 Å². The molecule has 0 unspecified atom stereocenters. The third-order valence-corrected chi connectivity index (χ3v) is 29.6. The molecule has 0 radical (unpaired) electrons. The fraction of sp³-hybridized carbons (Fsp3) is 0.348. The van der Waals surface area contributed by atoms with Crippen LogP contribution in [0.1, 0.15) is 328 Å². The Bertz CT molecular complexity index is 7010. The summed E-state index contributed by atoms with van der Waals surface area (Å²) >= 11 is 0. The highest BCUT2D eigenvalue weighted by atomic mass is 15.2. The number of hydrogen-bond acceptors (Lipinski definition) is 2. The van der Waals surface area contributed by atoms with Crippen LogP contribution in [0.15, 0.2) is 315 Å². The summed E-state index contributed by atoms with van der Waals surface area (Å²) in [5.41, 5.74) is 48.3. The van der Waals surface area contributed by atoms with Gasteiger partial charge in [-0.05, 0) is 305 Å². The van der Waals surface area contributed by atoms with Gasteiger partial charge in [-0.3, -0.25) is 0 Å². The third-order valence-electron chi connectivity index (χ3n) is 29.6. The van der Waals surface area contributed by atoms with Gasteiger partial charge in [0.15, 0.2) is 0 Å². The van der Waals surface area contributed by atoms with Crippen molar-refractivity contribution >= 4 is 34.1 Å². The molecule has 2 aliphatic rings. The van der Waals surface area contributed by atoms with Gasteiger partial charge in [-0.2, -0.15) is 0 Å². The number of fused-ring (bicyclic) bond motifs is 6. The molecule has 2 nitrogen and oxygen atoms in total. The van der Waals surface area contributed by atoms with Gasteiger partial charge in [-0.1, -0.05) is 487 Å². The maximum Gasteiger partial charge on any atom is 0.0540 e. The predicted molar refractivity (Wildman–Crippen MR) is 616 cm³/mol. The fourth-order valence-electron chi connectivity index (χ4n) is 20.2. The van der Waals surface area contributed by atoms with Crippen LogP contribution < -0.4 is 9.80 Å². The van der Waals surface area contributed by atoms with Crippen LogP contribution in [0, 0.1) is 0 Å². The van der Waals surface area contributed by atoms with E-state index in [0.717, 1.165) is 28.4 Å². The van der Waals surface area contributed by atoms with Crippen molar-refractivity contribution in [2.75, 3.05) is 9.80 Å². The maximum absolute atomic E-state index is 2.53. The molecule has 140 heavy (non-hydrogen) atoms. The molecule has 15 aromatic carbocycles. The van der Waals surface area contributed by atoms with Gasteiger partial charge in [0, 0.05) is 44.8 Å². The predicted octanol–water partition coefficient (Wildman–Crippen LogP) is 40.8. The highest BCUT2D eigenvalue weighted by Crippen LogP contribution is 2.56. The molecule has 0 saturated carbocycles. The monoisotopic (exact) mass is 1850 g/mol. The van der Waals surface area contributed by atoms with Gasteiger partial charge in [-0.15, -0.1) is 0 Å². The van der Waals surface area contributed by atoms with E-state index in [2.05, 4.69) is 561 Å². The summed E-state index contributed by atoms with van der Waals surface area (Å²) in [6.45, 7) is 79.1. The van der Waals surface area contributed by atoms with Crippen LogP contribution in [-0.2, 0) is 65.0 Å². The van der Waals surface area contributed by atoms with Gasteiger partial charge in [0.2, 0.25) is 0 Å². The molecule has 724 valence electrons. The highest BCUT2D eigenvalue weighted by molar-refractivity contribution is 5.94. The van der Waals surface area contributed by atoms with Crippen molar-refractivity contribution in [2.24, 2.45) is 0 Å². The van der Waals surface area contributed by atoms with E-state index in [-0.39, 0.29) is 79.8 Å². The van der Waals surface area contributed by atoms with E-state index in [1.54, 1.807) is 0 Å². The van der Waals surface area contributed by atoms with Gasteiger partial charge >= 0.3 is 0 Å². The quantitative estimate of drug-likeness (QED) is 0.114. The first-order valence-corrected chi connectivity index (χ1v) is 50.7. The normalized spacial score (nSPS) is 13.6. The van der Waals surface area contributed by atoms with Crippen molar-refractivity contribution in [1.82, 2.24) is 0 Å². The van der Waals surface area contributed by atoms with Crippen molar-refractivity contribution in [1.29, 1.82) is 0 Å². The van der Waals surface area contributed by atoms with E-state index in [4.69, 9.17) is 0 Å². The van der Waals surface area contributed by atoms with Crippen molar-refractivity contribution < 1.29 is 0 Å². The second-order valence-corrected chi connectivity index (χ2v) is 51.5. The average Bonchev–Trinajstić information content (AvgIpc) is 1.57. The van der Waals surface area contributed by atoms with Gasteiger partial charge in [0.1, 0.15) is 0 Å². The lowest BCUT2D eigenvalue weighted by Gasteiger charge is -2.32. The van der Waals surface area contributed by atoms with Crippen LogP contribution in [0.3, 0.4) is 0 Å². The molecular formula is C138H162N2. The lowest BCUT2D eigenvalue weighted by atomic mass is 9.78. The summed E-state index contributed by atoms with van der Waals surface area (Å²) in [6, 6.07) is 122. The summed E-state index contributed by atoms with van der Waals surface area (Å²) in [7, 11) is 0. The van der Waals surface area contributed by atoms with Crippen LogP contribution in [0.25, 0.3) is 100 Å². The fourth-order valence-corrected chi connectivity index (χ4v) is 20.2. The lowest BCUT2D eigenvalue weighted by molar-refractivity contribution is 0.568. The molecule has 15 aromatic rings. The molecule has 0 amide bonds. The second-order valence-electron chi connectivity index (χ2n) is 51.5. The molecule has 0 atom stereocenters. The molecule has 0 saturated heterocycles. The molecule has 17 rings (SSSR count). The first-order chi connectivity index (χ1) is 64.2. The molecule has 0 aliphatic heterocycles. The number of anilines is 6. The van der Waals surface area contributed by atoms with E-state index < -0.39 is 0 Å². The summed E-state index contributed by atoms with van der Waals surface area (Å²) in [5, 5.41) is 0. The zero-order valence-electron chi connectivity index (χ0n) is 89.9. The summed E-state index contributed by atoms with van der Waals surface area (Å²) < 4.78 is 0. The Hall–Kier alpha value is -12.1. The van der Waals surface area contributed by atoms with Crippen molar-refractivity contribution in [3.05, 3.63) is 393 Å². The second kappa shape index (κ2) is 37.4. The first-order valence-electron chi connectivity index (χ1n) is 50.7. The number of benzene rings is 15. The van der Waals surface area contributed by atoms with Gasteiger partial charge in [0.25, 0.3) is 0 Å². The van der Waals surface area contributed by atoms with E-state index in [1.165, 1.54) is 184 Å². The van der Waals surface area contributed by atoms with E-state index in [1.807, 2.05) is 0 Å². The van der Waals surface area contributed by atoms with Crippen LogP contribution >= 0.6 is 0 Å². The smallest absolute Gasteiger partial charge is 0.0540 e. The Morgan fingerprint density at radius 1 is 0.150 bits per heavy atom. The van der Waals surface area contributed by atoms with Crippen LogP contribution in [0.4, 0.5) is 34.1 Å². The van der Waals surface area contributed by atoms with E-state index in [0.29, 0.717) is 0 Å². The zero-order valence-corrected chi connectivity index (χ0v) is 89.9. The average molecular weight is 1850 g/mol. The Labute approximate surface area is 846 Å². The number of rotatable bonds is 13. The van der Waals surface area contributed by atoms with Crippen LogP contribution in [0.5, 0.6) is 0 Å². The molecule has 0 heterocycles. The molecule has 2 aliphatic carbocycles. The summed E-state index contributed by atoms with van der Waals surface area (Å²) in [5.74, 6) is 0. The van der Waals surface area contributed by atoms with E-state index >= 15 is 0 Å². The molecule has 0 N–H and O–H groups in total. The lowest BCUT2D eigenvalue weighted by Crippen LogP contribution is -2.18. The minimum atomic E-state index is -0.144. The minimum absolute atomic E-state index is 0. The van der Waals surface area contributed by atoms with Gasteiger partial charge in [0.05, 0.1) is 5.69 Å². The van der Waals surface area contributed by atoms with Gasteiger partial charge < -0.3 is 9.80 Å². The number of para-hydroxylation sites is 1. The number of nitrogens with zero attached hydrogens (tertiary/aromatic N) is 2. The molecule has 0 fully saturated rings. The van der Waals surface area contributed by atoms with Gasteiger partial charge in [-0.25, -0.2) is 0 Å². The van der Waals surface area contributed by atoms with Crippen molar-refractivity contribution in [3.8, 4) is 100 Å². The zero-order chi connectivity index (χ0) is 99.9. The standard InChI is InChI=1S/C71H79N.C65H75N.2CH4/c1-66(2,3)53-32-30-48(31-33-53)60-22-19-21-25-65(60)72(58-34-35-62-61-23-18-20-24-63(61)71(16,17)64(62)45-58)59-42-52(41-57(44-59)70(13,14)15)47-28-26-46(27-29-47)49-36-50(38-54(37-49)67(4,5)6)51-39-55(68(7,8)9)43-56(40-51)69(10,11)12;1-60(2,3)48-26-28-53(29-27-48)66(54-30-31-57-56-20-18-19-21-58(56)65(16,17)59(57)41-54)55-38-47(37-52(40-55)64(13,14)15)43-24-22-42(23-25-43)44-32-45(34-49(33-44)61(4,5)6)46-35-50(62(7,8)9)39-51(36-46)63(10,11)12;;/h18-45H,1-17H3;18-41H,1-17H3;2*1H4. The summed E-state index contributed by atoms with van der Waals surface area (Å²) in [4.78, 5) is 5.01. The molecule has 0 bridgehead atoms. The maximum atomic E-state index is 2.53. The molecule has 2 heteroatoms. The molecular weight excluding hydrogens is 1690 g/mol. The van der Waals surface area contributed by atoms with Crippen molar-refractivity contribution in [2.45, 2.75) is 315 Å². The molecule has 0 spiro atoms. The Morgan fingerprint density at radius 3 is 0.686 bits per heavy atom. The topological polar surface area (TPSA) is 6.48 Å². The first kappa shape index (κ1) is 104. The third kappa shape index (κ3) is 21.4. The Balaban J connectivity index is 0.000000221. The minimum Gasteiger partial charge on any atom is -0.310 e. The highest BCUT2D eigenvalue weighted by Gasteiger charge is 2.39. The Kier molecular flexibility index (Phi) is 27.7. The SMILES string of the molecule is C.C.CC(C)(C)c1ccc(-c2ccccc2N(c2cc(-c3ccc(-c4cc(-c5cc(C(C)(C)C)cc(C(C)(C)C)c5)cc(C(C)(C)C)c4)cc3)cc(C(C)(C)C)c2)c2ccc3c(c2)C(C)(C)c2ccccc2-3)cc1.CC(C)(C)c1ccc(N(c2cc(-c3ccc(-c4cc(-c5cc(C(C)(C)C)cc(C(C)(C)C)c5)cc(C(C)(C)C)c4)cc3)cc(C(C)(C)C)c2)c2ccc3c(c2)C(C)(C)c2ccccc2-3)cc1. The van der Waals surface area contributed by atoms with Crippen LogP contribution in [0.2, 0.25) is 0 Å². The summed E-state index contributed by atoms with van der Waals surface area (Å²) in [6.07, 6.45) is 0. The number of hydrogen-bond donors (Lipinski definition) is 0. The van der Waals surface area contributed by atoms with E-state index in [9.17, 15) is 0 Å². The largest absolute Gasteiger partial charge is 0.310 e. The van der Waals surface area contributed by atoms with Crippen molar-refractivity contribution in [3.63, 3.8) is 0 Å². The Morgan fingerprint density at radius 2 is 0.371 bits per heavy atom.